The van der Waals surface area contributed by atoms with Crippen LogP contribution in [0.25, 0.3) is 49.4 Å². The lowest BCUT2D eigenvalue weighted by Gasteiger charge is -2.37. The predicted molar refractivity (Wildman–Crippen MR) is 271 cm³/mol. The summed E-state index contributed by atoms with van der Waals surface area (Å²) in [6.45, 7) is 20.3. The number of anilines is 6. The van der Waals surface area contributed by atoms with Gasteiger partial charge in [-0.25, -0.2) is 0 Å². The molecule has 1 aliphatic rings. The lowest BCUT2D eigenvalue weighted by atomic mass is 9.84. The quantitative estimate of drug-likeness (QED) is 0.176. The summed E-state index contributed by atoms with van der Waals surface area (Å²) in [5.41, 5.74) is -10.0. The molecule has 318 valence electrons. The third kappa shape index (κ3) is 6.63. The molecule has 3 heterocycles. The highest BCUT2D eigenvalue weighted by molar-refractivity contribution is 6.37. The van der Waals surface area contributed by atoms with E-state index in [1.54, 1.807) is 83.1 Å². The van der Waals surface area contributed by atoms with Crippen LogP contribution < -0.4 is 9.80 Å². The monoisotopic (exact) mass is 870 g/mol. The van der Waals surface area contributed by atoms with Gasteiger partial charge in [0, 0.05) is 27.2 Å². The summed E-state index contributed by atoms with van der Waals surface area (Å²) >= 11 is 8.02. The number of furan rings is 1. The molecule has 5 heteroatoms. The van der Waals surface area contributed by atoms with Crippen LogP contribution in [0.15, 0.2) is 137 Å². The summed E-state index contributed by atoms with van der Waals surface area (Å²) in [6, 6.07) is -14.6. The van der Waals surface area contributed by atoms with Crippen molar-refractivity contribution in [3.05, 3.63) is 160 Å². The molecule has 2 aromatic heterocycles. The molecule has 0 unspecified atom stereocenters. The van der Waals surface area contributed by atoms with Crippen LogP contribution in [0, 0.1) is 0 Å². The summed E-state index contributed by atoms with van der Waals surface area (Å²) in [7, 11) is 0. The average molecular weight is 871 g/mol. The Balaban J connectivity index is 1.55. The van der Waals surface area contributed by atoms with Gasteiger partial charge in [-0.05, 0) is 116 Å². The van der Waals surface area contributed by atoms with E-state index in [4.69, 9.17) is 22.9 Å². The van der Waals surface area contributed by atoms with Crippen molar-refractivity contribution in [3.63, 3.8) is 0 Å². The molecule has 0 N–H and O–H groups in total. The zero-order valence-electron chi connectivity index (χ0n) is 59.1. The van der Waals surface area contributed by atoms with E-state index in [1.807, 2.05) is 0 Å². The molecule has 0 amide bonds. The topological polar surface area (TPSA) is 24.6 Å². The molecule has 0 saturated carbocycles. The number of benzene rings is 7. The van der Waals surface area contributed by atoms with Gasteiger partial charge >= 0.3 is 0 Å². The minimum absolute atomic E-state index is 0.0283. The third-order valence-electron chi connectivity index (χ3n) is 11.1. The van der Waals surface area contributed by atoms with Gasteiger partial charge in [0.15, 0.2) is 5.58 Å². The van der Waals surface area contributed by atoms with Crippen molar-refractivity contribution in [1.29, 1.82) is 0 Å². The third-order valence-corrected chi connectivity index (χ3v) is 11.4. The zero-order chi connectivity index (χ0) is 63.7. The van der Waals surface area contributed by atoms with Crippen LogP contribution in [-0.2, 0) is 21.7 Å². The molecule has 0 saturated heterocycles. The Bertz CT molecular complexity index is 4550. The van der Waals surface area contributed by atoms with Gasteiger partial charge in [0.2, 0.25) is 0 Å². The number of hydrogen-bond donors (Lipinski definition) is 0. The molecule has 0 bridgehead atoms. The molecule has 1 aliphatic heterocycles. The fourth-order valence-electron chi connectivity index (χ4n) is 7.64. The summed E-state index contributed by atoms with van der Waals surface area (Å²) in [4.78, 5) is 1.96. The Morgan fingerprint density at radius 3 is 1.73 bits per heavy atom. The zero-order valence-corrected chi connectivity index (χ0v) is 37.9. The van der Waals surface area contributed by atoms with E-state index in [2.05, 4.69) is 0 Å². The van der Waals surface area contributed by atoms with Gasteiger partial charge in [-0.3, -0.25) is 0 Å². The maximum absolute atomic E-state index is 10.5. The van der Waals surface area contributed by atoms with Gasteiger partial charge in [0.25, 0.3) is 0 Å². The number of fused-ring (bicyclic) bond motifs is 8. The molecule has 9 aromatic rings. The van der Waals surface area contributed by atoms with E-state index in [0.717, 1.165) is 9.80 Å². The van der Waals surface area contributed by atoms with Crippen LogP contribution in [0.2, 0.25) is 5.02 Å². The van der Waals surface area contributed by atoms with Crippen molar-refractivity contribution < 1.29 is 34.6 Å². The Labute approximate surface area is 408 Å². The van der Waals surface area contributed by atoms with Crippen molar-refractivity contribution in [2.75, 3.05) is 9.80 Å². The molecular weight excluding hydrogens is 790 g/mol. The molecular formula is C58H58ClN3O. The van der Waals surface area contributed by atoms with Crippen LogP contribution in [0.1, 0.15) is 135 Å². The van der Waals surface area contributed by atoms with Gasteiger partial charge < -0.3 is 18.8 Å². The maximum atomic E-state index is 10.5. The molecule has 0 aliphatic carbocycles. The van der Waals surface area contributed by atoms with Gasteiger partial charge in [-0.15, -0.1) is 0 Å². The number of rotatable bonds is 4. The number of hydrogen-bond acceptors (Lipinski definition) is 3. The molecule has 10 rings (SSSR count). The van der Waals surface area contributed by atoms with Crippen LogP contribution in [-0.4, -0.2) is 4.57 Å². The molecule has 63 heavy (non-hydrogen) atoms. The van der Waals surface area contributed by atoms with Crippen LogP contribution in [0.3, 0.4) is 0 Å². The smallest absolute Gasteiger partial charge is 0.159 e. The van der Waals surface area contributed by atoms with E-state index >= 15 is 0 Å². The fourth-order valence-corrected chi connectivity index (χ4v) is 7.90. The Hall–Kier alpha value is -5.97. The molecule has 7 aromatic carbocycles. The van der Waals surface area contributed by atoms with Gasteiger partial charge in [0.1, 0.15) is 5.58 Å². The van der Waals surface area contributed by atoms with E-state index in [1.165, 1.54) is 4.57 Å². The standard InChI is InChI=1S/C58H58ClN3O/c1-55(2,3)35-24-27-39(28-25-35)60(47-22-17-19-41-40-18-13-16-23-51(40)63-54(41)47)48-32-38(58(10,11)12)33-49(52(48)59)61-45-20-14-15-21-46(45)62-44-29-26-36(56(4,5)6)30-42(44)43-31-37(57(7,8)9)34-50(61)53(43)62/h13-34H,1-12H3/i13D,14D,15D,16D,17D,18D,19D,20D,21D,22D,23D,24D,25D,26D,27D,28D,29D,30D,31D,32D,33D,34D. The normalized spacial score (nSPS) is 18.3. The first-order valence-corrected chi connectivity index (χ1v) is 21.0. The Morgan fingerprint density at radius 1 is 0.476 bits per heavy atom. The van der Waals surface area contributed by atoms with Crippen LogP contribution >= 0.6 is 11.6 Å². The summed E-state index contributed by atoms with van der Waals surface area (Å²) in [5, 5.41) is -1.70. The second-order valence-corrected chi connectivity index (χ2v) is 20.3. The Morgan fingerprint density at radius 2 is 1.05 bits per heavy atom. The van der Waals surface area contributed by atoms with Crippen molar-refractivity contribution in [1.82, 2.24) is 4.57 Å². The van der Waals surface area contributed by atoms with Gasteiger partial charge in [-0.2, -0.15) is 0 Å². The molecule has 4 nitrogen and oxygen atoms in total. The largest absolute Gasteiger partial charge is 0.454 e. The van der Waals surface area contributed by atoms with E-state index < -0.39 is 198 Å². The minimum Gasteiger partial charge on any atom is -0.454 e. The summed E-state index contributed by atoms with van der Waals surface area (Å²) < 4.78 is 219. The predicted octanol–water partition coefficient (Wildman–Crippen LogP) is 17.8. The highest BCUT2D eigenvalue weighted by Crippen LogP contribution is 2.56. The highest BCUT2D eigenvalue weighted by atomic mass is 35.5. The SMILES string of the molecule is [2H]c1c([2H])c([2H])c2c(c1[2H])N(c1c([2H])c(C(C)(C)C)c([2H])c(N(c3c([2H])c([2H])c(C(C)(C)C)c([2H])c3[2H])c3c([2H])c([2H])c([2H])c4c3oc3c([2H])c([2H])c([2H])c([2H])c34)c1Cl)c1c([2H])c(C(C)(C)C)c([2H])c3c4c([2H])c(C(C)(C)C)c([2H])c([2H])c4n-2c13. The van der Waals surface area contributed by atoms with Crippen molar-refractivity contribution in [3.8, 4) is 5.69 Å². The number of aromatic nitrogens is 1. The highest BCUT2D eigenvalue weighted by Gasteiger charge is 2.35. The van der Waals surface area contributed by atoms with Crippen LogP contribution in [0.4, 0.5) is 34.1 Å². The van der Waals surface area contributed by atoms with E-state index in [0.29, 0.717) is 0 Å². The van der Waals surface area contributed by atoms with Crippen molar-refractivity contribution in [2.24, 2.45) is 0 Å². The Kier molecular flexibility index (Phi) is 5.14. The first-order valence-electron chi connectivity index (χ1n) is 31.6. The van der Waals surface area contributed by atoms with Gasteiger partial charge in [0.05, 0.1) is 80.3 Å². The number of para-hydroxylation sites is 4. The molecule has 0 spiro atoms. The average Bonchev–Trinajstić information content (AvgIpc) is 1.61. The second kappa shape index (κ2) is 14.0. The van der Waals surface area contributed by atoms with Crippen LogP contribution in [0.5, 0.6) is 0 Å². The van der Waals surface area contributed by atoms with Crippen molar-refractivity contribution in [2.45, 2.75) is 105 Å². The molecule has 0 radical (unpaired) electrons. The summed E-state index contributed by atoms with van der Waals surface area (Å²) in [5.74, 6) is 0. The maximum Gasteiger partial charge on any atom is 0.159 e. The first kappa shape index (κ1) is 23.1. The lowest BCUT2D eigenvalue weighted by Crippen LogP contribution is -2.22. The summed E-state index contributed by atoms with van der Waals surface area (Å²) in [6.07, 6.45) is 0. The number of halogens is 1. The molecule has 0 atom stereocenters. The fraction of sp³-hybridized carbons (Fsp3) is 0.276. The first-order chi connectivity index (χ1) is 38.9. The number of nitrogens with zero attached hydrogens (tertiary/aromatic N) is 3. The van der Waals surface area contributed by atoms with E-state index in [-0.39, 0.29) is 67.9 Å². The minimum atomic E-state index is -1.36. The van der Waals surface area contributed by atoms with E-state index in [9.17, 15) is 23.3 Å². The lowest BCUT2D eigenvalue weighted by molar-refractivity contribution is 0.589. The second-order valence-electron chi connectivity index (χ2n) is 20.0. The van der Waals surface area contributed by atoms with Crippen molar-refractivity contribution >= 4 is 89.5 Å². The molecule has 0 fully saturated rings. The van der Waals surface area contributed by atoms with Gasteiger partial charge in [-0.1, -0.05) is 155 Å².